The molecule has 0 atom stereocenters. The highest BCUT2D eigenvalue weighted by molar-refractivity contribution is 5.94. The molecule has 0 aliphatic rings. The van der Waals surface area contributed by atoms with Gasteiger partial charge in [0.15, 0.2) is 0 Å². The molecule has 1 heterocycles. The maximum absolute atomic E-state index is 13.4. The number of carbonyl (C=O) groups excluding carboxylic acids is 1. The molecule has 0 spiro atoms. The van der Waals surface area contributed by atoms with Gasteiger partial charge in [-0.05, 0) is 25.1 Å². The zero-order chi connectivity index (χ0) is 13.8. The summed E-state index contributed by atoms with van der Waals surface area (Å²) in [5.74, 6) is -2.23. The first kappa shape index (κ1) is 13.1. The van der Waals surface area contributed by atoms with Gasteiger partial charge in [0.2, 0.25) is 0 Å². The second-order valence-electron chi connectivity index (χ2n) is 3.96. The van der Waals surface area contributed by atoms with Crippen molar-refractivity contribution in [1.82, 2.24) is 15.3 Å². The molecule has 0 unspecified atom stereocenters. The average Bonchev–Trinajstić information content (AvgIpc) is 2.36. The van der Waals surface area contributed by atoms with Crippen LogP contribution in [0.25, 0.3) is 0 Å². The molecule has 1 aromatic heterocycles. The molecule has 0 aliphatic carbocycles. The van der Waals surface area contributed by atoms with E-state index in [0.29, 0.717) is 11.8 Å². The van der Waals surface area contributed by atoms with E-state index in [-0.39, 0.29) is 12.1 Å². The van der Waals surface area contributed by atoms with E-state index in [4.69, 9.17) is 0 Å². The number of hydrogen-bond acceptors (Lipinski definition) is 3. The van der Waals surface area contributed by atoms with Crippen LogP contribution in [0, 0.1) is 18.6 Å². The van der Waals surface area contributed by atoms with Crippen LogP contribution in [0.1, 0.15) is 21.7 Å². The highest BCUT2D eigenvalue weighted by Crippen LogP contribution is 2.09. The molecule has 2 aromatic rings. The summed E-state index contributed by atoms with van der Waals surface area (Å²) in [5.41, 5.74) is 1.18. The van der Waals surface area contributed by atoms with Crippen LogP contribution in [0.5, 0.6) is 0 Å². The molecule has 0 saturated heterocycles. The fourth-order valence-electron chi connectivity index (χ4n) is 1.55. The van der Waals surface area contributed by atoms with Crippen LogP contribution in [0.15, 0.2) is 30.6 Å². The third-order valence-corrected chi connectivity index (χ3v) is 2.47. The Balaban J connectivity index is 2.05. The molecular formula is C13H11F2N3O. The van der Waals surface area contributed by atoms with E-state index in [1.54, 1.807) is 13.0 Å². The highest BCUT2D eigenvalue weighted by Gasteiger charge is 2.12. The second-order valence-corrected chi connectivity index (χ2v) is 3.96. The van der Waals surface area contributed by atoms with Crippen LogP contribution in [0.4, 0.5) is 8.78 Å². The van der Waals surface area contributed by atoms with Crippen molar-refractivity contribution >= 4 is 5.91 Å². The molecule has 0 saturated carbocycles. The normalized spacial score (nSPS) is 10.3. The van der Waals surface area contributed by atoms with Gasteiger partial charge < -0.3 is 5.32 Å². The molecule has 1 aromatic carbocycles. The van der Waals surface area contributed by atoms with Gasteiger partial charge in [0.25, 0.3) is 5.91 Å². The molecule has 0 bridgehead atoms. The Hall–Kier alpha value is -2.37. The standard InChI is InChI=1S/C13H11F2N3O/c1-8-4-10(18-7-17-8)6-16-13(19)11-3-2-9(14)5-12(11)15/h2-5,7H,6H2,1H3,(H,16,19). The lowest BCUT2D eigenvalue weighted by Crippen LogP contribution is -2.24. The minimum atomic E-state index is -0.892. The minimum absolute atomic E-state index is 0.152. The SMILES string of the molecule is Cc1cc(CNC(=O)c2ccc(F)cc2F)ncn1. The Kier molecular flexibility index (Phi) is 3.79. The number of nitrogens with one attached hydrogen (secondary N) is 1. The number of benzene rings is 1. The number of aryl methyl sites for hydroxylation is 1. The van der Waals surface area contributed by atoms with Crippen molar-refractivity contribution < 1.29 is 13.6 Å². The average molecular weight is 263 g/mol. The molecule has 1 N–H and O–H groups in total. The fraction of sp³-hybridized carbons (Fsp3) is 0.154. The Morgan fingerprint density at radius 2 is 2.05 bits per heavy atom. The molecule has 19 heavy (non-hydrogen) atoms. The van der Waals surface area contributed by atoms with Crippen LogP contribution in [-0.4, -0.2) is 15.9 Å². The molecule has 1 amide bonds. The first-order valence-corrected chi connectivity index (χ1v) is 5.57. The van der Waals surface area contributed by atoms with Crippen molar-refractivity contribution in [2.24, 2.45) is 0 Å². The molecule has 2 rings (SSSR count). The first-order valence-electron chi connectivity index (χ1n) is 5.57. The van der Waals surface area contributed by atoms with Gasteiger partial charge in [0.05, 0.1) is 17.8 Å². The van der Waals surface area contributed by atoms with Crippen molar-refractivity contribution in [1.29, 1.82) is 0 Å². The summed E-state index contributed by atoms with van der Waals surface area (Å²) in [4.78, 5) is 19.6. The molecule has 0 radical (unpaired) electrons. The summed E-state index contributed by atoms with van der Waals surface area (Å²) in [5, 5.41) is 2.51. The predicted octanol–water partition coefficient (Wildman–Crippen LogP) is 1.99. The van der Waals surface area contributed by atoms with E-state index in [1.807, 2.05) is 0 Å². The largest absolute Gasteiger partial charge is 0.346 e. The zero-order valence-electron chi connectivity index (χ0n) is 10.2. The number of carbonyl (C=O) groups is 1. The number of halogens is 2. The van der Waals surface area contributed by atoms with Gasteiger partial charge in [0, 0.05) is 11.8 Å². The third kappa shape index (κ3) is 3.31. The van der Waals surface area contributed by atoms with Crippen molar-refractivity contribution in [3.63, 3.8) is 0 Å². The molecule has 4 nitrogen and oxygen atoms in total. The van der Waals surface area contributed by atoms with E-state index in [2.05, 4.69) is 15.3 Å². The van der Waals surface area contributed by atoms with Crippen LogP contribution >= 0.6 is 0 Å². The van der Waals surface area contributed by atoms with Gasteiger partial charge >= 0.3 is 0 Å². The minimum Gasteiger partial charge on any atom is -0.346 e. The van der Waals surface area contributed by atoms with Gasteiger partial charge in [0.1, 0.15) is 18.0 Å². The van der Waals surface area contributed by atoms with Crippen molar-refractivity contribution in [2.45, 2.75) is 13.5 Å². The van der Waals surface area contributed by atoms with E-state index in [0.717, 1.165) is 17.8 Å². The van der Waals surface area contributed by atoms with Crippen molar-refractivity contribution in [3.05, 3.63) is 59.2 Å². The summed E-state index contributed by atoms with van der Waals surface area (Å²) < 4.78 is 26.1. The van der Waals surface area contributed by atoms with Crippen molar-refractivity contribution in [3.8, 4) is 0 Å². The summed E-state index contributed by atoms with van der Waals surface area (Å²) in [7, 11) is 0. The van der Waals surface area contributed by atoms with Gasteiger partial charge in [-0.3, -0.25) is 4.79 Å². The number of amides is 1. The summed E-state index contributed by atoms with van der Waals surface area (Å²) >= 11 is 0. The Bertz CT molecular complexity index is 617. The Morgan fingerprint density at radius 1 is 1.26 bits per heavy atom. The van der Waals surface area contributed by atoms with Crippen LogP contribution in [-0.2, 0) is 6.54 Å². The lowest BCUT2D eigenvalue weighted by Gasteiger charge is -2.06. The summed E-state index contributed by atoms with van der Waals surface area (Å²) in [6.45, 7) is 1.95. The highest BCUT2D eigenvalue weighted by atomic mass is 19.1. The zero-order valence-corrected chi connectivity index (χ0v) is 10.2. The van der Waals surface area contributed by atoms with Crippen LogP contribution in [0.2, 0.25) is 0 Å². The monoisotopic (exact) mass is 263 g/mol. The molecular weight excluding hydrogens is 252 g/mol. The summed E-state index contributed by atoms with van der Waals surface area (Å²) in [6.07, 6.45) is 1.38. The quantitative estimate of drug-likeness (QED) is 0.921. The second kappa shape index (κ2) is 5.51. The smallest absolute Gasteiger partial charge is 0.254 e. The molecule has 0 aliphatic heterocycles. The molecule has 0 fully saturated rings. The van der Waals surface area contributed by atoms with Gasteiger partial charge in [-0.15, -0.1) is 0 Å². The lowest BCUT2D eigenvalue weighted by molar-refractivity contribution is 0.0946. The van der Waals surface area contributed by atoms with Crippen molar-refractivity contribution in [2.75, 3.05) is 0 Å². The van der Waals surface area contributed by atoms with E-state index in [1.165, 1.54) is 6.33 Å². The lowest BCUT2D eigenvalue weighted by atomic mass is 10.2. The van der Waals surface area contributed by atoms with Crippen LogP contribution in [0.3, 0.4) is 0 Å². The van der Waals surface area contributed by atoms with Gasteiger partial charge in [-0.1, -0.05) is 0 Å². The predicted molar refractivity (Wildman–Crippen MR) is 64.3 cm³/mol. The number of aromatic nitrogens is 2. The topological polar surface area (TPSA) is 54.9 Å². The number of nitrogens with zero attached hydrogens (tertiary/aromatic N) is 2. The van der Waals surface area contributed by atoms with E-state index >= 15 is 0 Å². The van der Waals surface area contributed by atoms with Crippen LogP contribution < -0.4 is 5.32 Å². The maximum atomic E-state index is 13.4. The van der Waals surface area contributed by atoms with Gasteiger partial charge in [-0.2, -0.15) is 0 Å². The fourth-order valence-corrected chi connectivity index (χ4v) is 1.55. The summed E-state index contributed by atoms with van der Waals surface area (Å²) in [6, 6.07) is 4.52. The van der Waals surface area contributed by atoms with E-state index < -0.39 is 17.5 Å². The Labute approximate surface area is 108 Å². The number of hydrogen-bond donors (Lipinski definition) is 1. The first-order chi connectivity index (χ1) is 9.06. The third-order valence-electron chi connectivity index (χ3n) is 2.47. The molecule has 98 valence electrons. The van der Waals surface area contributed by atoms with E-state index in [9.17, 15) is 13.6 Å². The molecule has 6 heteroatoms. The number of rotatable bonds is 3. The Morgan fingerprint density at radius 3 is 2.74 bits per heavy atom. The van der Waals surface area contributed by atoms with Gasteiger partial charge in [-0.25, -0.2) is 18.7 Å². The maximum Gasteiger partial charge on any atom is 0.254 e.